The molecule has 8 heteroatoms. The number of hydrogen-bond acceptors (Lipinski definition) is 4. The zero-order valence-electron chi connectivity index (χ0n) is 9.71. The second kappa shape index (κ2) is 5.09. The molecule has 1 aromatic carbocycles. The zero-order chi connectivity index (χ0) is 14.0. The van der Waals surface area contributed by atoms with Crippen molar-refractivity contribution < 1.29 is 24.0 Å². The SMILES string of the molecule is O=C(O)N[C@H]1C[C@H](Oc2cc(F)ccc2[N+](=O)[O-])C1. The number of nitro groups is 1. The minimum Gasteiger partial charge on any atom is -0.483 e. The van der Waals surface area contributed by atoms with Gasteiger partial charge in [0.15, 0.2) is 5.75 Å². The van der Waals surface area contributed by atoms with Crippen molar-refractivity contribution in [2.24, 2.45) is 0 Å². The molecule has 0 saturated heterocycles. The number of hydrogen-bond donors (Lipinski definition) is 2. The molecule has 1 aliphatic rings. The first-order chi connectivity index (χ1) is 8.95. The van der Waals surface area contributed by atoms with Crippen molar-refractivity contribution >= 4 is 11.8 Å². The van der Waals surface area contributed by atoms with Crippen LogP contribution in [0, 0.1) is 15.9 Å². The minimum absolute atomic E-state index is 0.135. The zero-order valence-corrected chi connectivity index (χ0v) is 9.71. The highest BCUT2D eigenvalue weighted by molar-refractivity contribution is 5.65. The fourth-order valence-electron chi connectivity index (χ4n) is 1.87. The molecule has 2 N–H and O–H groups in total. The summed E-state index contributed by atoms with van der Waals surface area (Å²) in [5, 5.41) is 21.5. The maximum Gasteiger partial charge on any atom is 0.404 e. The molecule has 0 aliphatic heterocycles. The second-order valence-electron chi connectivity index (χ2n) is 4.23. The lowest BCUT2D eigenvalue weighted by atomic mass is 9.89. The van der Waals surface area contributed by atoms with E-state index in [9.17, 15) is 19.3 Å². The first-order valence-electron chi connectivity index (χ1n) is 5.55. The van der Waals surface area contributed by atoms with Crippen LogP contribution in [0.15, 0.2) is 18.2 Å². The van der Waals surface area contributed by atoms with Crippen LogP contribution < -0.4 is 10.1 Å². The Kier molecular flexibility index (Phi) is 3.50. The van der Waals surface area contributed by atoms with Crippen LogP contribution in [0.5, 0.6) is 5.75 Å². The average molecular weight is 270 g/mol. The first-order valence-corrected chi connectivity index (χ1v) is 5.55. The van der Waals surface area contributed by atoms with Gasteiger partial charge in [-0.25, -0.2) is 9.18 Å². The molecule has 0 spiro atoms. The highest BCUT2D eigenvalue weighted by Crippen LogP contribution is 2.32. The average Bonchev–Trinajstić information content (AvgIpc) is 2.25. The summed E-state index contributed by atoms with van der Waals surface area (Å²) in [6.45, 7) is 0. The molecule has 0 bridgehead atoms. The maximum absolute atomic E-state index is 13.0. The van der Waals surface area contributed by atoms with Crippen molar-refractivity contribution in [2.75, 3.05) is 0 Å². The third-order valence-electron chi connectivity index (χ3n) is 2.83. The lowest BCUT2D eigenvalue weighted by molar-refractivity contribution is -0.386. The largest absolute Gasteiger partial charge is 0.483 e. The summed E-state index contributed by atoms with van der Waals surface area (Å²) in [4.78, 5) is 20.5. The van der Waals surface area contributed by atoms with Gasteiger partial charge in [0.05, 0.1) is 4.92 Å². The number of nitro benzene ring substituents is 1. The summed E-state index contributed by atoms with van der Waals surface area (Å²) in [5.74, 6) is -0.760. The molecule has 0 unspecified atom stereocenters. The molecular weight excluding hydrogens is 259 g/mol. The lowest BCUT2D eigenvalue weighted by Gasteiger charge is -2.34. The van der Waals surface area contributed by atoms with E-state index in [2.05, 4.69) is 5.32 Å². The van der Waals surface area contributed by atoms with Crippen LogP contribution in [-0.2, 0) is 0 Å². The van der Waals surface area contributed by atoms with E-state index in [4.69, 9.17) is 9.84 Å². The molecule has 7 nitrogen and oxygen atoms in total. The molecule has 0 aromatic heterocycles. The summed E-state index contributed by atoms with van der Waals surface area (Å²) in [6, 6.07) is 2.75. The Morgan fingerprint density at radius 3 is 2.79 bits per heavy atom. The van der Waals surface area contributed by atoms with Crippen LogP contribution in [0.1, 0.15) is 12.8 Å². The van der Waals surface area contributed by atoms with Crippen molar-refractivity contribution in [1.29, 1.82) is 0 Å². The van der Waals surface area contributed by atoms with Crippen LogP contribution in [-0.4, -0.2) is 28.3 Å². The van der Waals surface area contributed by atoms with Gasteiger partial charge < -0.3 is 15.2 Å². The molecule has 1 aliphatic carbocycles. The molecule has 1 aromatic rings. The Bertz CT molecular complexity index is 516. The molecule has 19 heavy (non-hydrogen) atoms. The monoisotopic (exact) mass is 270 g/mol. The molecule has 102 valence electrons. The summed E-state index contributed by atoms with van der Waals surface area (Å²) in [7, 11) is 0. The van der Waals surface area contributed by atoms with Gasteiger partial charge in [-0.15, -0.1) is 0 Å². The van der Waals surface area contributed by atoms with Gasteiger partial charge in [-0.2, -0.15) is 0 Å². The van der Waals surface area contributed by atoms with Gasteiger partial charge >= 0.3 is 11.8 Å². The van der Waals surface area contributed by atoms with Crippen LogP contribution in [0.25, 0.3) is 0 Å². The van der Waals surface area contributed by atoms with Gasteiger partial charge in [0.25, 0.3) is 0 Å². The summed E-state index contributed by atoms with van der Waals surface area (Å²) in [6.07, 6.45) is -0.669. The van der Waals surface area contributed by atoms with E-state index >= 15 is 0 Å². The van der Waals surface area contributed by atoms with Gasteiger partial charge in [-0.3, -0.25) is 10.1 Å². The van der Waals surface area contributed by atoms with Crippen molar-refractivity contribution in [2.45, 2.75) is 25.0 Å². The molecule has 1 amide bonds. The van der Waals surface area contributed by atoms with E-state index < -0.39 is 16.8 Å². The number of carbonyl (C=O) groups is 1. The highest BCUT2D eigenvalue weighted by Gasteiger charge is 2.33. The fourth-order valence-corrected chi connectivity index (χ4v) is 1.87. The molecule has 1 saturated carbocycles. The predicted octanol–water partition coefficient (Wildman–Crippen LogP) is 1.91. The quantitative estimate of drug-likeness (QED) is 0.642. The lowest BCUT2D eigenvalue weighted by Crippen LogP contribution is -2.48. The fraction of sp³-hybridized carbons (Fsp3) is 0.364. The number of carboxylic acid groups (broad SMARTS) is 1. The summed E-state index contributed by atoms with van der Waals surface area (Å²) >= 11 is 0. The number of ether oxygens (including phenoxy) is 1. The van der Waals surface area contributed by atoms with Gasteiger partial charge in [-0.1, -0.05) is 0 Å². The molecule has 0 heterocycles. The predicted molar refractivity (Wildman–Crippen MR) is 61.7 cm³/mol. The van der Waals surface area contributed by atoms with E-state index in [-0.39, 0.29) is 23.6 Å². The Morgan fingerprint density at radius 1 is 1.53 bits per heavy atom. The Labute approximate surface area is 107 Å². The van der Waals surface area contributed by atoms with E-state index in [1.54, 1.807) is 0 Å². The van der Waals surface area contributed by atoms with Crippen molar-refractivity contribution in [1.82, 2.24) is 5.32 Å². The topological polar surface area (TPSA) is 102 Å². The third kappa shape index (κ3) is 3.09. The number of benzene rings is 1. The minimum atomic E-state index is -1.12. The molecule has 2 rings (SSSR count). The Hall–Kier alpha value is -2.38. The van der Waals surface area contributed by atoms with Crippen molar-refractivity contribution in [3.8, 4) is 5.75 Å². The van der Waals surface area contributed by atoms with Crippen LogP contribution >= 0.6 is 0 Å². The Morgan fingerprint density at radius 2 is 2.21 bits per heavy atom. The second-order valence-corrected chi connectivity index (χ2v) is 4.23. The highest BCUT2D eigenvalue weighted by atomic mass is 19.1. The van der Waals surface area contributed by atoms with Gasteiger partial charge in [0, 0.05) is 31.0 Å². The van der Waals surface area contributed by atoms with Gasteiger partial charge in [-0.05, 0) is 6.07 Å². The molecular formula is C11H11FN2O5. The molecule has 1 fully saturated rings. The number of nitrogens with zero attached hydrogens (tertiary/aromatic N) is 1. The van der Waals surface area contributed by atoms with Crippen molar-refractivity contribution in [3.05, 3.63) is 34.1 Å². The van der Waals surface area contributed by atoms with E-state index in [1.807, 2.05) is 0 Å². The third-order valence-corrected chi connectivity index (χ3v) is 2.83. The van der Waals surface area contributed by atoms with E-state index in [0.717, 1.165) is 18.2 Å². The van der Waals surface area contributed by atoms with Gasteiger partial charge in [0.1, 0.15) is 11.9 Å². The summed E-state index contributed by atoms with van der Waals surface area (Å²) in [5.41, 5.74) is -0.309. The molecule has 0 radical (unpaired) electrons. The van der Waals surface area contributed by atoms with Gasteiger partial charge in [0.2, 0.25) is 0 Å². The van der Waals surface area contributed by atoms with Crippen LogP contribution in [0.2, 0.25) is 0 Å². The van der Waals surface area contributed by atoms with Crippen molar-refractivity contribution in [3.63, 3.8) is 0 Å². The maximum atomic E-state index is 13.0. The number of amides is 1. The standard InChI is InChI=1S/C11H11FN2O5/c12-6-1-2-9(14(17)18)10(3-6)19-8-4-7(5-8)13-11(15)16/h1-3,7-8,13H,4-5H2,(H,15,16)/t7-,8-. The first kappa shape index (κ1) is 13.1. The van der Waals surface area contributed by atoms with Crippen LogP contribution in [0.4, 0.5) is 14.9 Å². The normalized spacial score (nSPS) is 21.3. The number of nitrogens with one attached hydrogen (secondary N) is 1. The summed E-state index contributed by atoms with van der Waals surface area (Å²) < 4.78 is 18.4. The number of halogens is 1. The van der Waals surface area contributed by atoms with E-state index in [0.29, 0.717) is 12.8 Å². The Balaban J connectivity index is 1.99. The van der Waals surface area contributed by atoms with Crippen LogP contribution in [0.3, 0.4) is 0 Å². The molecule has 0 atom stereocenters. The van der Waals surface area contributed by atoms with E-state index in [1.165, 1.54) is 0 Å². The smallest absolute Gasteiger partial charge is 0.404 e. The number of rotatable bonds is 4.